The third-order valence-electron chi connectivity index (χ3n) is 3.22. The summed E-state index contributed by atoms with van der Waals surface area (Å²) in [5, 5.41) is 0. The van der Waals surface area contributed by atoms with Crippen molar-refractivity contribution in [3.8, 4) is 0 Å². The second-order valence-corrected chi connectivity index (χ2v) is 4.73. The molecule has 1 heterocycles. The summed E-state index contributed by atoms with van der Waals surface area (Å²) < 4.78 is 5.31. The van der Waals surface area contributed by atoms with Crippen molar-refractivity contribution in [3.63, 3.8) is 0 Å². The topological polar surface area (TPSA) is 29.5 Å². The first-order valence-corrected chi connectivity index (χ1v) is 6.28. The lowest BCUT2D eigenvalue weighted by Gasteiger charge is -2.34. The predicted octanol–water partition coefficient (Wildman–Crippen LogP) is 1.64. The number of nitrogens with zero attached hydrogens (tertiary/aromatic N) is 1. The summed E-state index contributed by atoms with van der Waals surface area (Å²) in [6, 6.07) is 0.366. The molecule has 0 atom stereocenters. The Morgan fingerprint density at radius 3 is 2.47 bits per heavy atom. The molecular formula is C11H18ClNO2. The molecule has 1 saturated heterocycles. The van der Waals surface area contributed by atoms with Gasteiger partial charge in [-0.2, -0.15) is 0 Å². The molecule has 15 heavy (non-hydrogen) atoms. The number of amides is 1. The molecule has 1 amide bonds. The molecule has 0 aromatic heterocycles. The number of carbonyl (C=O) groups is 1. The van der Waals surface area contributed by atoms with Crippen LogP contribution in [0.15, 0.2) is 0 Å². The van der Waals surface area contributed by atoms with Gasteiger partial charge in [0, 0.05) is 25.8 Å². The molecule has 0 aromatic rings. The molecule has 0 N–H and O–H groups in total. The molecule has 0 radical (unpaired) electrons. The summed E-state index contributed by atoms with van der Waals surface area (Å²) in [4.78, 5) is 13.7. The molecule has 0 bridgehead atoms. The van der Waals surface area contributed by atoms with Crippen molar-refractivity contribution in [2.45, 2.75) is 31.7 Å². The van der Waals surface area contributed by atoms with E-state index in [1.54, 1.807) is 0 Å². The Balaban J connectivity index is 1.92. The van der Waals surface area contributed by atoms with E-state index in [0.717, 1.165) is 38.5 Å². The fourth-order valence-electron chi connectivity index (χ4n) is 2.11. The summed E-state index contributed by atoms with van der Waals surface area (Å²) in [6.07, 6.45) is 4.48. The van der Waals surface area contributed by atoms with Gasteiger partial charge in [0.15, 0.2) is 0 Å². The van der Waals surface area contributed by atoms with Gasteiger partial charge in [0.2, 0.25) is 5.91 Å². The molecule has 86 valence electrons. The van der Waals surface area contributed by atoms with E-state index >= 15 is 0 Å². The average molecular weight is 232 g/mol. The standard InChI is InChI=1S/C11H18ClNO2/c12-7-11(14)13(8-9-1-2-9)10-3-5-15-6-4-10/h9-10H,1-8H2. The van der Waals surface area contributed by atoms with Crippen LogP contribution in [0.4, 0.5) is 0 Å². The highest BCUT2D eigenvalue weighted by molar-refractivity contribution is 6.27. The van der Waals surface area contributed by atoms with Crippen LogP contribution in [0.5, 0.6) is 0 Å². The van der Waals surface area contributed by atoms with E-state index in [1.807, 2.05) is 4.90 Å². The van der Waals surface area contributed by atoms with E-state index in [-0.39, 0.29) is 11.8 Å². The van der Waals surface area contributed by atoms with E-state index in [4.69, 9.17) is 16.3 Å². The number of rotatable bonds is 4. The molecular weight excluding hydrogens is 214 g/mol. The molecule has 2 rings (SSSR count). The fraction of sp³-hybridized carbons (Fsp3) is 0.909. The van der Waals surface area contributed by atoms with Gasteiger partial charge in [-0.15, -0.1) is 11.6 Å². The number of halogens is 1. The van der Waals surface area contributed by atoms with Gasteiger partial charge in [-0.1, -0.05) is 0 Å². The Morgan fingerprint density at radius 2 is 1.93 bits per heavy atom. The van der Waals surface area contributed by atoms with Crippen molar-refractivity contribution in [1.29, 1.82) is 0 Å². The van der Waals surface area contributed by atoms with Crippen LogP contribution in [-0.2, 0) is 9.53 Å². The van der Waals surface area contributed by atoms with Gasteiger partial charge in [0.1, 0.15) is 5.88 Å². The molecule has 2 fully saturated rings. The number of hydrogen-bond acceptors (Lipinski definition) is 2. The number of carbonyl (C=O) groups excluding carboxylic acids is 1. The summed E-state index contributed by atoms with van der Waals surface area (Å²) in [6.45, 7) is 2.47. The second-order valence-electron chi connectivity index (χ2n) is 4.47. The molecule has 2 aliphatic rings. The van der Waals surface area contributed by atoms with Gasteiger partial charge in [-0.05, 0) is 31.6 Å². The predicted molar refractivity (Wildman–Crippen MR) is 59.0 cm³/mol. The van der Waals surface area contributed by atoms with E-state index in [2.05, 4.69) is 0 Å². The van der Waals surface area contributed by atoms with Crippen molar-refractivity contribution in [2.75, 3.05) is 25.6 Å². The van der Waals surface area contributed by atoms with Gasteiger partial charge in [0.05, 0.1) is 0 Å². The van der Waals surface area contributed by atoms with Gasteiger partial charge in [0.25, 0.3) is 0 Å². The Labute approximate surface area is 95.7 Å². The summed E-state index contributed by atoms with van der Waals surface area (Å²) >= 11 is 5.65. The SMILES string of the molecule is O=C(CCl)N(CC1CC1)C1CCOCC1. The van der Waals surface area contributed by atoms with Gasteiger partial charge in [-0.3, -0.25) is 4.79 Å². The zero-order valence-corrected chi connectivity index (χ0v) is 9.71. The smallest absolute Gasteiger partial charge is 0.237 e. The number of hydrogen-bond donors (Lipinski definition) is 0. The summed E-state index contributed by atoms with van der Waals surface area (Å²) in [5.41, 5.74) is 0. The highest BCUT2D eigenvalue weighted by atomic mass is 35.5. The maximum Gasteiger partial charge on any atom is 0.237 e. The summed E-state index contributed by atoms with van der Waals surface area (Å²) in [5.74, 6) is 0.944. The van der Waals surface area contributed by atoms with Crippen LogP contribution in [0.3, 0.4) is 0 Å². The lowest BCUT2D eigenvalue weighted by atomic mass is 10.1. The molecule has 0 aromatic carbocycles. The molecule has 1 aliphatic heterocycles. The van der Waals surface area contributed by atoms with Crippen molar-refractivity contribution >= 4 is 17.5 Å². The minimum Gasteiger partial charge on any atom is -0.381 e. The zero-order chi connectivity index (χ0) is 10.7. The lowest BCUT2D eigenvalue weighted by Crippen LogP contribution is -2.45. The third-order valence-corrected chi connectivity index (χ3v) is 3.45. The highest BCUT2D eigenvalue weighted by Crippen LogP contribution is 2.31. The zero-order valence-electron chi connectivity index (χ0n) is 8.95. The third kappa shape index (κ3) is 3.08. The average Bonchev–Trinajstić information content (AvgIpc) is 3.10. The molecule has 4 heteroatoms. The monoisotopic (exact) mass is 231 g/mol. The first-order chi connectivity index (χ1) is 7.31. The van der Waals surface area contributed by atoms with Gasteiger partial charge >= 0.3 is 0 Å². The Hall–Kier alpha value is -0.280. The lowest BCUT2D eigenvalue weighted by molar-refractivity contribution is -0.133. The number of alkyl halides is 1. The van der Waals surface area contributed by atoms with Crippen LogP contribution in [0.2, 0.25) is 0 Å². The first kappa shape index (κ1) is 11.2. The summed E-state index contributed by atoms with van der Waals surface area (Å²) in [7, 11) is 0. The fourth-order valence-corrected chi connectivity index (χ4v) is 2.26. The van der Waals surface area contributed by atoms with Crippen LogP contribution in [0, 0.1) is 5.92 Å². The Kier molecular flexibility index (Phi) is 3.87. The highest BCUT2D eigenvalue weighted by Gasteiger charge is 2.31. The van der Waals surface area contributed by atoms with Crippen LogP contribution in [-0.4, -0.2) is 42.5 Å². The van der Waals surface area contributed by atoms with E-state index < -0.39 is 0 Å². The van der Waals surface area contributed by atoms with Crippen molar-refractivity contribution < 1.29 is 9.53 Å². The van der Waals surface area contributed by atoms with Gasteiger partial charge in [-0.25, -0.2) is 0 Å². The molecule has 0 spiro atoms. The van der Waals surface area contributed by atoms with E-state index in [1.165, 1.54) is 12.8 Å². The second kappa shape index (κ2) is 5.17. The van der Waals surface area contributed by atoms with Gasteiger partial charge < -0.3 is 9.64 Å². The largest absolute Gasteiger partial charge is 0.381 e. The van der Waals surface area contributed by atoms with Crippen molar-refractivity contribution in [3.05, 3.63) is 0 Å². The normalized spacial score (nSPS) is 22.7. The van der Waals surface area contributed by atoms with Crippen molar-refractivity contribution in [2.24, 2.45) is 5.92 Å². The quantitative estimate of drug-likeness (QED) is 0.689. The maximum absolute atomic E-state index is 11.7. The molecule has 0 unspecified atom stereocenters. The van der Waals surface area contributed by atoms with Crippen LogP contribution in [0.25, 0.3) is 0 Å². The van der Waals surface area contributed by atoms with Crippen LogP contribution < -0.4 is 0 Å². The first-order valence-electron chi connectivity index (χ1n) is 5.74. The van der Waals surface area contributed by atoms with Crippen molar-refractivity contribution in [1.82, 2.24) is 4.90 Å². The Morgan fingerprint density at radius 1 is 1.27 bits per heavy atom. The van der Waals surface area contributed by atoms with E-state index in [9.17, 15) is 4.79 Å². The Bertz CT molecular complexity index is 225. The molecule has 1 aliphatic carbocycles. The van der Waals surface area contributed by atoms with E-state index in [0.29, 0.717) is 6.04 Å². The molecule has 3 nitrogen and oxygen atoms in total. The molecule has 1 saturated carbocycles. The minimum absolute atomic E-state index is 0.0930. The van der Waals surface area contributed by atoms with Crippen LogP contribution in [0.1, 0.15) is 25.7 Å². The maximum atomic E-state index is 11.7. The van der Waals surface area contributed by atoms with Crippen LogP contribution >= 0.6 is 11.6 Å². The number of ether oxygens (including phenoxy) is 1. The minimum atomic E-state index is 0.0930.